The molecule has 7 nitrogen and oxygen atoms in total. The molecule has 3 atom stereocenters. The fourth-order valence-electron chi connectivity index (χ4n) is 5.91. The molecule has 0 unspecified atom stereocenters. The van der Waals surface area contributed by atoms with Crippen molar-refractivity contribution in [3.8, 4) is 0 Å². The van der Waals surface area contributed by atoms with E-state index in [9.17, 15) is 18.8 Å². The number of fused-ring (bicyclic) bond motifs is 1. The van der Waals surface area contributed by atoms with Crippen LogP contribution < -0.4 is 10.7 Å². The maximum atomic E-state index is 13.8. The smallest absolute Gasteiger partial charge is 0.336 e. The number of nitrogens with one attached hydrogen (secondary N) is 1. The lowest BCUT2D eigenvalue weighted by molar-refractivity contribution is -0.142. The summed E-state index contributed by atoms with van der Waals surface area (Å²) in [6.45, 7) is 2.47. The number of halogens is 1. The van der Waals surface area contributed by atoms with Crippen molar-refractivity contribution in [2.24, 2.45) is 0 Å². The Hall–Kier alpha value is -4.04. The summed E-state index contributed by atoms with van der Waals surface area (Å²) in [5.41, 5.74) is 2.91. The summed E-state index contributed by atoms with van der Waals surface area (Å²) in [7, 11) is 0. The van der Waals surface area contributed by atoms with E-state index in [1.54, 1.807) is 43.3 Å². The molecular weight excluding hydrogens is 501 g/mol. The van der Waals surface area contributed by atoms with Gasteiger partial charge in [0.25, 0.3) is 0 Å². The fourth-order valence-corrected chi connectivity index (χ4v) is 5.91. The Morgan fingerprint density at radius 1 is 1.10 bits per heavy atom. The highest BCUT2D eigenvalue weighted by atomic mass is 19.1. The molecule has 2 aromatic carbocycles. The molecule has 3 aliphatic rings. The summed E-state index contributed by atoms with van der Waals surface area (Å²) in [4.78, 5) is 41.0. The SMILES string of the molecule is CC1=C(C(=O)OC[C@@H]2CCCO2)[C@@H](c2coc3ccccc3c2=O)C2=C(C[C@H](c3ccc(F)cc3)CC2=O)N1. The molecule has 1 fully saturated rings. The number of carbonyl (C=O) groups is 2. The van der Waals surface area contributed by atoms with Gasteiger partial charge in [0.15, 0.2) is 11.2 Å². The Balaban J connectivity index is 1.43. The van der Waals surface area contributed by atoms with Gasteiger partial charge in [-0.1, -0.05) is 24.3 Å². The number of hydrogen-bond acceptors (Lipinski definition) is 7. The van der Waals surface area contributed by atoms with Crippen molar-refractivity contribution in [3.63, 3.8) is 0 Å². The molecule has 3 heterocycles. The van der Waals surface area contributed by atoms with Crippen molar-refractivity contribution < 1.29 is 27.9 Å². The molecule has 1 aromatic heterocycles. The average molecular weight is 530 g/mol. The zero-order valence-electron chi connectivity index (χ0n) is 21.5. The van der Waals surface area contributed by atoms with Crippen molar-refractivity contribution in [3.05, 3.63) is 105 Å². The molecule has 2 aliphatic heterocycles. The minimum atomic E-state index is -0.944. The highest BCUT2D eigenvalue weighted by Crippen LogP contribution is 2.45. The van der Waals surface area contributed by atoms with Crippen molar-refractivity contribution in [1.29, 1.82) is 0 Å². The van der Waals surface area contributed by atoms with Crippen molar-refractivity contribution in [2.75, 3.05) is 13.2 Å². The Bertz CT molecular complexity index is 1580. The molecule has 1 N–H and O–H groups in total. The lowest BCUT2D eigenvalue weighted by Gasteiger charge is -2.36. The Morgan fingerprint density at radius 2 is 1.90 bits per heavy atom. The van der Waals surface area contributed by atoms with Gasteiger partial charge in [-0.25, -0.2) is 9.18 Å². The molecule has 0 bridgehead atoms. The van der Waals surface area contributed by atoms with Gasteiger partial charge < -0.3 is 19.2 Å². The Morgan fingerprint density at radius 3 is 2.67 bits per heavy atom. The van der Waals surface area contributed by atoms with E-state index in [1.807, 2.05) is 0 Å². The second-order valence-electron chi connectivity index (χ2n) is 10.3. The van der Waals surface area contributed by atoms with Crippen molar-refractivity contribution in [2.45, 2.75) is 50.5 Å². The molecule has 0 saturated carbocycles. The number of rotatable bonds is 5. The number of dihydropyridines is 1. The first-order chi connectivity index (χ1) is 18.9. The van der Waals surface area contributed by atoms with Crippen LogP contribution in [0.3, 0.4) is 0 Å². The first kappa shape index (κ1) is 25.2. The topological polar surface area (TPSA) is 94.8 Å². The van der Waals surface area contributed by atoms with E-state index in [0.717, 1.165) is 18.4 Å². The van der Waals surface area contributed by atoms with Gasteiger partial charge in [0.2, 0.25) is 0 Å². The van der Waals surface area contributed by atoms with Gasteiger partial charge in [-0.2, -0.15) is 0 Å². The lowest BCUT2D eigenvalue weighted by Crippen LogP contribution is -2.38. The second-order valence-corrected chi connectivity index (χ2v) is 10.3. The summed E-state index contributed by atoms with van der Waals surface area (Å²) < 4.78 is 30.6. The molecule has 39 heavy (non-hydrogen) atoms. The second kappa shape index (κ2) is 10.3. The van der Waals surface area contributed by atoms with Crippen LogP contribution in [-0.2, 0) is 19.1 Å². The zero-order chi connectivity index (χ0) is 27.1. The number of ether oxygens (including phenoxy) is 2. The van der Waals surface area contributed by atoms with E-state index in [-0.39, 0.29) is 53.2 Å². The molecule has 0 amide bonds. The van der Waals surface area contributed by atoms with Crippen LogP contribution in [0.15, 0.2) is 86.5 Å². The fraction of sp³-hybridized carbons (Fsp3) is 0.323. The van der Waals surface area contributed by atoms with Crippen LogP contribution in [-0.4, -0.2) is 31.1 Å². The predicted octanol–water partition coefficient (Wildman–Crippen LogP) is 5.02. The van der Waals surface area contributed by atoms with E-state index < -0.39 is 11.9 Å². The molecular formula is C31H28FNO6. The molecule has 1 aliphatic carbocycles. The van der Waals surface area contributed by atoms with Gasteiger partial charge in [0, 0.05) is 35.6 Å². The standard InChI is InChI=1S/C31H28FNO6/c1-17-27(31(36)39-15-21-5-4-12-37-21)28(23-16-38-26-7-3-2-6-22(26)30(23)35)29-24(33-17)13-19(14-25(29)34)18-8-10-20(32)11-9-18/h2-3,6-11,16,19,21,28,33H,4-5,12-15H2,1H3/t19-,21-,28+/m0/s1. The van der Waals surface area contributed by atoms with Gasteiger partial charge >= 0.3 is 5.97 Å². The first-order valence-electron chi connectivity index (χ1n) is 13.2. The van der Waals surface area contributed by atoms with Crippen LogP contribution in [0, 0.1) is 5.82 Å². The molecule has 1 saturated heterocycles. The molecule has 200 valence electrons. The first-order valence-corrected chi connectivity index (χ1v) is 13.2. The van der Waals surface area contributed by atoms with Gasteiger partial charge in [-0.15, -0.1) is 0 Å². The van der Waals surface area contributed by atoms with E-state index in [4.69, 9.17) is 13.9 Å². The summed E-state index contributed by atoms with van der Waals surface area (Å²) in [5.74, 6) is -2.25. The third kappa shape index (κ3) is 4.69. The number of para-hydroxylation sites is 1. The minimum absolute atomic E-state index is 0.0984. The summed E-state index contributed by atoms with van der Waals surface area (Å²) in [6, 6.07) is 13.0. The molecule has 3 aromatic rings. The van der Waals surface area contributed by atoms with Crippen molar-refractivity contribution in [1.82, 2.24) is 5.32 Å². The summed E-state index contributed by atoms with van der Waals surface area (Å²) in [5, 5.41) is 3.64. The Kier molecular flexibility index (Phi) is 6.64. The van der Waals surface area contributed by atoms with Gasteiger partial charge in [-0.05, 0) is 61.9 Å². The number of benzene rings is 2. The number of Topliss-reactive ketones (excluding diaryl/α,β-unsaturated/α-hetero) is 1. The lowest BCUT2D eigenvalue weighted by atomic mass is 9.72. The summed E-state index contributed by atoms with van der Waals surface area (Å²) in [6.07, 6.45) is 3.53. The minimum Gasteiger partial charge on any atom is -0.464 e. The number of hydrogen-bond donors (Lipinski definition) is 1. The average Bonchev–Trinajstić information content (AvgIpc) is 3.46. The van der Waals surface area contributed by atoms with Gasteiger partial charge in [0.1, 0.15) is 18.0 Å². The number of allylic oxidation sites excluding steroid dienone is 3. The molecule has 0 radical (unpaired) electrons. The largest absolute Gasteiger partial charge is 0.464 e. The number of esters is 1. The maximum absolute atomic E-state index is 13.8. The third-order valence-electron chi connectivity index (χ3n) is 7.83. The van der Waals surface area contributed by atoms with Crippen LogP contribution in [0.1, 0.15) is 55.6 Å². The quantitative estimate of drug-likeness (QED) is 0.464. The van der Waals surface area contributed by atoms with E-state index in [2.05, 4.69) is 5.32 Å². The number of carbonyl (C=O) groups excluding carboxylic acids is 2. The monoisotopic (exact) mass is 529 g/mol. The summed E-state index contributed by atoms with van der Waals surface area (Å²) >= 11 is 0. The van der Waals surface area contributed by atoms with Crippen LogP contribution in [0.25, 0.3) is 11.0 Å². The van der Waals surface area contributed by atoms with Crippen molar-refractivity contribution >= 4 is 22.7 Å². The van der Waals surface area contributed by atoms with E-state index in [1.165, 1.54) is 18.4 Å². The Labute approximate surface area is 224 Å². The van der Waals surface area contributed by atoms with E-state index >= 15 is 0 Å². The number of ketones is 1. The highest BCUT2D eigenvalue weighted by molar-refractivity contribution is 6.04. The maximum Gasteiger partial charge on any atom is 0.336 e. The molecule has 6 rings (SSSR count). The normalized spacial score (nSPS) is 23.1. The predicted molar refractivity (Wildman–Crippen MR) is 141 cm³/mol. The molecule has 8 heteroatoms. The van der Waals surface area contributed by atoms with Crippen LogP contribution in [0.5, 0.6) is 0 Å². The van der Waals surface area contributed by atoms with E-state index in [0.29, 0.717) is 41.0 Å². The van der Waals surface area contributed by atoms with Crippen LogP contribution >= 0.6 is 0 Å². The van der Waals surface area contributed by atoms with Crippen LogP contribution in [0.4, 0.5) is 4.39 Å². The van der Waals surface area contributed by atoms with Crippen LogP contribution in [0.2, 0.25) is 0 Å². The van der Waals surface area contributed by atoms with Gasteiger partial charge in [-0.3, -0.25) is 9.59 Å². The highest BCUT2D eigenvalue weighted by Gasteiger charge is 2.43. The zero-order valence-corrected chi connectivity index (χ0v) is 21.5. The third-order valence-corrected chi connectivity index (χ3v) is 7.83. The van der Waals surface area contributed by atoms with Gasteiger partial charge in [0.05, 0.1) is 29.2 Å². The molecule has 0 spiro atoms.